The molecule has 0 radical (unpaired) electrons. The second-order valence-corrected chi connectivity index (χ2v) is 4.24. The molecule has 106 valence electrons. The van der Waals surface area contributed by atoms with E-state index < -0.39 is 23.4 Å². The summed E-state index contributed by atoms with van der Waals surface area (Å²) >= 11 is 0. The molecule has 0 spiro atoms. The van der Waals surface area contributed by atoms with Crippen molar-refractivity contribution < 1.29 is 22.5 Å². The number of aryl methyl sites for hydroxylation is 2. The zero-order valence-electron chi connectivity index (χ0n) is 10.8. The highest BCUT2D eigenvalue weighted by Gasteiger charge is 2.16. The quantitative estimate of drug-likeness (QED) is 0.881. The maximum absolute atomic E-state index is 13.0. The number of aromatic nitrogens is 1. The van der Waals surface area contributed by atoms with Gasteiger partial charge in [0.05, 0.1) is 5.69 Å². The molecule has 1 N–H and O–H groups in total. The lowest BCUT2D eigenvalue weighted by molar-refractivity contribution is 0.0949. The van der Waals surface area contributed by atoms with Crippen LogP contribution >= 0.6 is 0 Å². The standard InChI is InChI=1S/C13H11F3N2O2/c1-6-9(7(2)20-18-6)5-17-13(19)8-3-10(14)12(16)11(15)4-8/h3-4H,5H2,1-2H3,(H,17,19). The van der Waals surface area contributed by atoms with Crippen molar-refractivity contribution in [3.8, 4) is 0 Å². The maximum Gasteiger partial charge on any atom is 0.251 e. The number of carbonyl (C=O) groups is 1. The molecule has 0 fully saturated rings. The Labute approximate surface area is 112 Å². The Bertz CT molecular complexity index is 625. The molecule has 2 aromatic rings. The smallest absolute Gasteiger partial charge is 0.251 e. The molecule has 1 aromatic carbocycles. The summed E-state index contributed by atoms with van der Waals surface area (Å²) in [6.07, 6.45) is 0. The van der Waals surface area contributed by atoms with Crippen LogP contribution < -0.4 is 5.32 Å². The second-order valence-electron chi connectivity index (χ2n) is 4.24. The van der Waals surface area contributed by atoms with E-state index in [0.29, 0.717) is 29.2 Å². The van der Waals surface area contributed by atoms with Gasteiger partial charge in [0.25, 0.3) is 5.91 Å². The fourth-order valence-electron chi connectivity index (χ4n) is 1.71. The third-order valence-electron chi connectivity index (χ3n) is 2.85. The van der Waals surface area contributed by atoms with E-state index in [2.05, 4.69) is 10.5 Å². The van der Waals surface area contributed by atoms with Crippen LogP contribution in [0.15, 0.2) is 16.7 Å². The Balaban J connectivity index is 2.13. The molecule has 0 saturated heterocycles. The average Bonchev–Trinajstić information content (AvgIpc) is 2.72. The van der Waals surface area contributed by atoms with Gasteiger partial charge in [-0.3, -0.25) is 4.79 Å². The third kappa shape index (κ3) is 2.66. The molecule has 0 saturated carbocycles. The number of hydrogen-bond acceptors (Lipinski definition) is 3. The van der Waals surface area contributed by atoms with Crippen molar-refractivity contribution in [2.75, 3.05) is 0 Å². The Hall–Kier alpha value is -2.31. The van der Waals surface area contributed by atoms with Crippen LogP contribution in [0.4, 0.5) is 13.2 Å². The van der Waals surface area contributed by atoms with Gasteiger partial charge in [0.1, 0.15) is 5.76 Å². The second kappa shape index (κ2) is 5.36. The van der Waals surface area contributed by atoms with E-state index in [-0.39, 0.29) is 12.1 Å². The first-order chi connectivity index (χ1) is 9.40. The van der Waals surface area contributed by atoms with E-state index in [0.717, 1.165) is 0 Å². The van der Waals surface area contributed by atoms with Gasteiger partial charge in [-0.2, -0.15) is 0 Å². The summed E-state index contributed by atoms with van der Waals surface area (Å²) < 4.78 is 43.7. The zero-order valence-corrected chi connectivity index (χ0v) is 10.8. The normalized spacial score (nSPS) is 10.7. The molecule has 1 amide bonds. The lowest BCUT2D eigenvalue weighted by Crippen LogP contribution is -2.23. The van der Waals surface area contributed by atoms with Crippen LogP contribution in [0.1, 0.15) is 27.4 Å². The van der Waals surface area contributed by atoms with E-state index in [1.807, 2.05) is 0 Å². The number of nitrogens with one attached hydrogen (secondary N) is 1. The maximum atomic E-state index is 13.0. The lowest BCUT2D eigenvalue weighted by atomic mass is 10.1. The summed E-state index contributed by atoms with van der Waals surface area (Å²) in [5, 5.41) is 6.17. The van der Waals surface area contributed by atoms with Gasteiger partial charge < -0.3 is 9.84 Å². The Morgan fingerprint density at radius 3 is 2.35 bits per heavy atom. The summed E-state index contributed by atoms with van der Waals surface area (Å²) in [7, 11) is 0. The van der Waals surface area contributed by atoms with Crippen molar-refractivity contribution in [2.45, 2.75) is 20.4 Å². The first-order valence-corrected chi connectivity index (χ1v) is 5.74. The zero-order chi connectivity index (χ0) is 14.9. The number of hydrogen-bond donors (Lipinski definition) is 1. The predicted molar refractivity (Wildman–Crippen MR) is 63.5 cm³/mol. The fourth-order valence-corrected chi connectivity index (χ4v) is 1.71. The van der Waals surface area contributed by atoms with Gasteiger partial charge in [0.15, 0.2) is 17.5 Å². The van der Waals surface area contributed by atoms with Crippen molar-refractivity contribution in [1.82, 2.24) is 10.5 Å². The highest BCUT2D eigenvalue weighted by atomic mass is 19.2. The minimum absolute atomic E-state index is 0.0978. The van der Waals surface area contributed by atoms with Gasteiger partial charge in [-0.05, 0) is 26.0 Å². The van der Waals surface area contributed by atoms with E-state index in [9.17, 15) is 18.0 Å². The molecule has 0 unspecified atom stereocenters. The van der Waals surface area contributed by atoms with Crippen LogP contribution in [-0.4, -0.2) is 11.1 Å². The molecule has 20 heavy (non-hydrogen) atoms. The monoisotopic (exact) mass is 284 g/mol. The van der Waals surface area contributed by atoms with Crippen LogP contribution in [0, 0.1) is 31.3 Å². The summed E-state index contributed by atoms with van der Waals surface area (Å²) in [5.41, 5.74) is 0.994. The van der Waals surface area contributed by atoms with E-state index in [1.165, 1.54) is 0 Å². The van der Waals surface area contributed by atoms with E-state index in [1.54, 1.807) is 13.8 Å². The Morgan fingerprint density at radius 1 is 1.25 bits per heavy atom. The van der Waals surface area contributed by atoms with Crippen LogP contribution in [0.3, 0.4) is 0 Å². The van der Waals surface area contributed by atoms with Crippen molar-refractivity contribution in [2.24, 2.45) is 0 Å². The number of rotatable bonds is 3. The molecule has 0 atom stereocenters. The number of benzene rings is 1. The van der Waals surface area contributed by atoms with Crippen LogP contribution in [-0.2, 0) is 6.54 Å². The number of nitrogens with zero attached hydrogens (tertiary/aromatic N) is 1. The van der Waals surface area contributed by atoms with Gasteiger partial charge in [0.2, 0.25) is 0 Å². The Morgan fingerprint density at radius 2 is 1.85 bits per heavy atom. The molecule has 0 aliphatic carbocycles. The van der Waals surface area contributed by atoms with Crippen molar-refractivity contribution in [3.63, 3.8) is 0 Å². The average molecular weight is 284 g/mol. The van der Waals surface area contributed by atoms with Crippen LogP contribution in [0.2, 0.25) is 0 Å². The molecule has 1 heterocycles. The van der Waals surface area contributed by atoms with Crippen molar-refractivity contribution in [1.29, 1.82) is 0 Å². The van der Waals surface area contributed by atoms with Gasteiger partial charge >= 0.3 is 0 Å². The summed E-state index contributed by atoms with van der Waals surface area (Å²) in [5.74, 6) is -4.60. The van der Waals surface area contributed by atoms with Gasteiger partial charge in [-0.1, -0.05) is 5.16 Å². The molecule has 7 heteroatoms. The summed E-state index contributed by atoms with van der Waals surface area (Å²) in [6.45, 7) is 3.48. The highest BCUT2D eigenvalue weighted by molar-refractivity contribution is 5.94. The molecule has 0 aliphatic heterocycles. The highest BCUT2D eigenvalue weighted by Crippen LogP contribution is 2.15. The summed E-state index contributed by atoms with van der Waals surface area (Å²) in [6, 6.07) is 1.28. The minimum atomic E-state index is -1.60. The van der Waals surface area contributed by atoms with E-state index in [4.69, 9.17) is 4.52 Å². The van der Waals surface area contributed by atoms with Gasteiger partial charge in [-0.25, -0.2) is 13.2 Å². The van der Waals surface area contributed by atoms with Crippen LogP contribution in [0.25, 0.3) is 0 Å². The Kier molecular flexibility index (Phi) is 3.78. The fraction of sp³-hybridized carbons (Fsp3) is 0.231. The summed E-state index contributed by atoms with van der Waals surface area (Å²) in [4.78, 5) is 11.8. The molecule has 4 nitrogen and oxygen atoms in total. The number of halogens is 3. The first-order valence-electron chi connectivity index (χ1n) is 5.74. The molecule has 0 bridgehead atoms. The topological polar surface area (TPSA) is 55.1 Å². The first kappa shape index (κ1) is 14.1. The lowest BCUT2D eigenvalue weighted by Gasteiger charge is -2.06. The number of amides is 1. The predicted octanol–water partition coefficient (Wildman–Crippen LogP) is 2.64. The van der Waals surface area contributed by atoms with Gasteiger partial charge in [0, 0.05) is 17.7 Å². The van der Waals surface area contributed by atoms with Gasteiger partial charge in [-0.15, -0.1) is 0 Å². The van der Waals surface area contributed by atoms with Crippen molar-refractivity contribution in [3.05, 3.63) is 52.2 Å². The van der Waals surface area contributed by atoms with E-state index >= 15 is 0 Å². The van der Waals surface area contributed by atoms with Crippen LogP contribution in [0.5, 0.6) is 0 Å². The molecule has 2 rings (SSSR count). The molecule has 1 aromatic heterocycles. The molecule has 0 aliphatic rings. The third-order valence-corrected chi connectivity index (χ3v) is 2.85. The SMILES string of the molecule is Cc1noc(C)c1CNC(=O)c1cc(F)c(F)c(F)c1. The minimum Gasteiger partial charge on any atom is -0.361 e. The largest absolute Gasteiger partial charge is 0.361 e. The van der Waals surface area contributed by atoms with Crippen molar-refractivity contribution >= 4 is 5.91 Å². The number of carbonyl (C=O) groups excluding carboxylic acids is 1. The molecular weight excluding hydrogens is 273 g/mol. The molecular formula is C13H11F3N2O2.